The Kier molecular flexibility index (Phi) is 9.90. The summed E-state index contributed by atoms with van der Waals surface area (Å²) in [7, 11) is -2.35. The quantitative estimate of drug-likeness (QED) is 0.381. The Bertz CT molecular complexity index is 1330. The summed E-state index contributed by atoms with van der Waals surface area (Å²) in [4.78, 5) is 28.6. The molecule has 0 spiro atoms. The molecule has 38 heavy (non-hydrogen) atoms. The molecule has 0 aliphatic carbocycles. The van der Waals surface area contributed by atoms with Crippen molar-refractivity contribution in [3.05, 3.63) is 95.6 Å². The number of nitrogens with zero attached hydrogens (tertiary/aromatic N) is 2. The molecular formula is C29H35N3O5S. The fourth-order valence-corrected chi connectivity index (χ4v) is 5.00. The van der Waals surface area contributed by atoms with Crippen LogP contribution in [0.1, 0.15) is 23.6 Å². The van der Waals surface area contributed by atoms with Crippen molar-refractivity contribution in [1.82, 2.24) is 10.2 Å². The van der Waals surface area contributed by atoms with Crippen molar-refractivity contribution in [3.8, 4) is 5.75 Å². The smallest absolute Gasteiger partial charge is 0.244 e. The first-order valence-electron chi connectivity index (χ1n) is 12.4. The van der Waals surface area contributed by atoms with Crippen LogP contribution >= 0.6 is 0 Å². The molecule has 1 N–H and O–H groups in total. The maximum atomic E-state index is 14.0. The number of nitrogens with one attached hydrogen (secondary N) is 1. The number of hydrogen-bond acceptors (Lipinski definition) is 5. The summed E-state index contributed by atoms with van der Waals surface area (Å²) in [5.41, 5.74) is 3.03. The van der Waals surface area contributed by atoms with Gasteiger partial charge in [-0.3, -0.25) is 13.9 Å². The zero-order valence-electron chi connectivity index (χ0n) is 22.3. The van der Waals surface area contributed by atoms with Gasteiger partial charge in [0.1, 0.15) is 18.3 Å². The van der Waals surface area contributed by atoms with Gasteiger partial charge in [0, 0.05) is 20.0 Å². The second-order valence-electron chi connectivity index (χ2n) is 9.00. The Morgan fingerprint density at radius 3 is 2.16 bits per heavy atom. The van der Waals surface area contributed by atoms with E-state index in [0.29, 0.717) is 12.4 Å². The molecule has 0 aromatic heterocycles. The Balaban J connectivity index is 2.04. The summed E-state index contributed by atoms with van der Waals surface area (Å²) in [6.07, 6.45) is 1.32. The van der Waals surface area contributed by atoms with E-state index < -0.39 is 28.5 Å². The van der Waals surface area contributed by atoms with Gasteiger partial charge in [0.2, 0.25) is 21.8 Å². The molecule has 0 heterocycles. The lowest BCUT2D eigenvalue weighted by Gasteiger charge is -2.33. The molecule has 3 aromatic carbocycles. The van der Waals surface area contributed by atoms with E-state index in [4.69, 9.17) is 4.74 Å². The van der Waals surface area contributed by atoms with Crippen LogP contribution < -0.4 is 14.4 Å². The first-order valence-corrected chi connectivity index (χ1v) is 14.3. The van der Waals surface area contributed by atoms with Gasteiger partial charge >= 0.3 is 0 Å². The predicted molar refractivity (Wildman–Crippen MR) is 150 cm³/mol. The van der Waals surface area contributed by atoms with Gasteiger partial charge < -0.3 is 15.0 Å². The molecule has 0 aliphatic rings. The van der Waals surface area contributed by atoms with Crippen molar-refractivity contribution < 1.29 is 22.7 Å². The number of para-hydroxylation sites is 2. The molecular weight excluding hydrogens is 502 g/mol. The highest BCUT2D eigenvalue weighted by molar-refractivity contribution is 7.92. The molecule has 2 amide bonds. The average molecular weight is 538 g/mol. The lowest BCUT2D eigenvalue weighted by molar-refractivity contribution is -0.139. The first kappa shape index (κ1) is 28.7. The summed E-state index contributed by atoms with van der Waals surface area (Å²) in [6.45, 7) is 3.74. The Morgan fingerprint density at radius 2 is 1.55 bits per heavy atom. The van der Waals surface area contributed by atoms with Gasteiger partial charge in [-0.05, 0) is 37.1 Å². The van der Waals surface area contributed by atoms with Crippen LogP contribution in [0.2, 0.25) is 0 Å². The molecule has 9 heteroatoms. The number of hydrogen-bond donors (Lipinski definition) is 1. The van der Waals surface area contributed by atoms with E-state index in [2.05, 4.69) is 5.32 Å². The number of rotatable bonds is 12. The summed E-state index contributed by atoms with van der Waals surface area (Å²) < 4.78 is 32.5. The summed E-state index contributed by atoms with van der Waals surface area (Å²) >= 11 is 0. The zero-order valence-corrected chi connectivity index (χ0v) is 23.1. The molecule has 0 saturated heterocycles. The molecule has 0 fully saturated rings. The fraction of sp³-hybridized carbons (Fsp3) is 0.310. The highest BCUT2D eigenvalue weighted by Gasteiger charge is 2.33. The van der Waals surface area contributed by atoms with Crippen molar-refractivity contribution in [2.45, 2.75) is 32.9 Å². The van der Waals surface area contributed by atoms with E-state index in [-0.39, 0.29) is 24.6 Å². The third-order valence-electron chi connectivity index (χ3n) is 6.10. The van der Waals surface area contributed by atoms with E-state index in [1.807, 2.05) is 61.5 Å². The summed E-state index contributed by atoms with van der Waals surface area (Å²) in [5.74, 6) is -0.493. The van der Waals surface area contributed by atoms with Crippen LogP contribution in [0, 0.1) is 6.92 Å². The normalized spacial score (nSPS) is 11.9. The van der Waals surface area contributed by atoms with Crippen molar-refractivity contribution >= 4 is 27.5 Å². The molecule has 202 valence electrons. The summed E-state index contributed by atoms with van der Waals surface area (Å²) in [6, 6.07) is 22.9. The maximum absolute atomic E-state index is 14.0. The van der Waals surface area contributed by atoms with E-state index in [9.17, 15) is 18.0 Å². The van der Waals surface area contributed by atoms with E-state index in [0.717, 1.165) is 27.3 Å². The van der Waals surface area contributed by atoms with Gasteiger partial charge in [0.25, 0.3) is 0 Å². The molecule has 0 aliphatic heterocycles. The third kappa shape index (κ3) is 7.58. The van der Waals surface area contributed by atoms with Crippen LogP contribution in [0.25, 0.3) is 0 Å². The number of carbonyl (C=O) groups is 2. The van der Waals surface area contributed by atoms with Gasteiger partial charge in [-0.2, -0.15) is 0 Å². The Morgan fingerprint density at radius 1 is 0.921 bits per heavy atom. The van der Waals surface area contributed by atoms with Crippen LogP contribution in [0.5, 0.6) is 5.75 Å². The predicted octanol–water partition coefficient (Wildman–Crippen LogP) is 3.55. The second-order valence-corrected chi connectivity index (χ2v) is 10.9. The third-order valence-corrected chi connectivity index (χ3v) is 7.23. The van der Waals surface area contributed by atoms with Crippen LogP contribution in [0.3, 0.4) is 0 Å². The minimum absolute atomic E-state index is 0.134. The number of carbonyl (C=O) groups excluding carboxylic acids is 2. The molecule has 3 rings (SSSR count). The number of anilines is 1. The van der Waals surface area contributed by atoms with Gasteiger partial charge in [0.05, 0.1) is 18.6 Å². The minimum Gasteiger partial charge on any atom is -0.492 e. The first-order chi connectivity index (χ1) is 18.1. The second kappa shape index (κ2) is 13.1. The van der Waals surface area contributed by atoms with E-state index in [1.165, 1.54) is 11.9 Å². The number of likely N-dealkylation sites (N-methyl/N-ethyl adjacent to an activating group) is 1. The highest BCUT2D eigenvalue weighted by Crippen LogP contribution is 2.30. The number of aryl methyl sites for hydroxylation is 1. The molecule has 1 atom stereocenters. The van der Waals surface area contributed by atoms with Crippen molar-refractivity contribution in [2.75, 3.05) is 30.8 Å². The van der Waals surface area contributed by atoms with Crippen molar-refractivity contribution in [2.24, 2.45) is 0 Å². The SMILES string of the molecule is CCOc1ccccc1N(CC(=O)N(Cc1ccc(C)cc1)[C@@H](Cc1ccccc1)C(=O)NC)S(C)(=O)=O. The van der Waals surface area contributed by atoms with Gasteiger partial charge in [0.15, 0.2) is 0 Å². The highest BCUT2D eigenvalue weighted by atomic mass is 32.2. The van der Waals surface area contributed by atoms with Gasteiger partial charge in [-0.25, -0.2) is 8.42 Å². The van der Waals surface area contributed by atoms with Crippen LogP contribution in [0.4, 0.5) is 5.69 Å². The van der Waals surface area contributed by atoms with Crippen LogP contribution in [-0.2, 0) is 32.6 Å². The maximum Gasteiger partial charge on any atom is 0.244 e. The van der Waals surface area contributed by atoms with Crippen molar-refractivity contribution in [3.63, 3.8) is 0 Å². The largest absolute Gasteiger partial charge is 0.492 e. The van der Waals surface area contributed by atoms with Crippen LogP contribution in [0.15, 0.2) is 78.9 Å². The molecule has 8 nitrogen and oxygen atoms in total. The van der Waals surface area contributed by atoms with Gasteiger partial charge in [-0.1, -0.05) is 72.3 Å². The van der Waals surface area contributed by atoms with Crippen molar-refractivity contribution in [1.29, 1.82) is 0 Å². The topological polar surface area (TPSA) is 96.0 Å². The summed E-state index contributed by atoms with van der Waals surface area (Å²) in [5, 5.41) is 2.67. The number of benzene rings is 3. The standard InChI is InChI=1S/C29H35N3O5S/c1-5-37-27-14-10-9-13-25(27)32(38(4,35)36)21-28(33)31(20-24-17-15-22(2)16-18-24)26(29(34)30-3)19-23-11-7-6-8-12-23/h6-18,26H,5,19-21H2,1-4H3,(H,30,34)/t26-/m0/s1. The average Bonchev–Trinajstić information content (AvgIpc) is 2.90. The monoisotopic (exact) mass is 537 g/mol. The molecule has 0 radical (unpaired) electrons. The zero-order chi connectivity index (χ0) is 27.7. The van der Waals surface area contributed by atoms with E-state index in [1.54, 1.807) is 31.2 Å². The Labute approximate surface area is 225 Å². The molecule has 0 bridgehead atoms. The van der Waals surface area contributed by atoms with Crippen LogP contribution in [-0.4, -0.2) is 57.6 Å². The number of ether oxygens (including phenoxy) is 1. The molecule has 0 saturated carbocycles. The molecule has 3 aromatic rings. The van der Waals surface area contributed by atoms with Gasteiger partial charge in [-0.15, -0.1) is 0 Å². The number of sulfonamides is 1. The Hall–Kier alpha value is -3.85. The lowest BCUT2D eigenvalue weighted by Crippen LogP contribution is -2.52. The fourth-order valence-electron chi connectivity index (χ4n) is 4.15. The van der Waals surface area contributed by atoms with E-state index >= 15 is 0 Å². The lowest BCUT2D eigenvalue weighted by atomic mass is 10.0. The minimum atomic E-state index is -3.87. The molecule has 0 unspecified atom stereocenters. The number of amides is 2.